The van der Waals surface area contributed by atoms with E-state index < -0.39 is 0 Å². The second-order valence-corrected chi connectivity index (χ2v) is 8.27. The van der Waals surface area contributed by atoms with Crippen molar-refractivity contribution in [1.82, 2.24) is 10.2 Å². The Balaban J connectivity index is 1.85. The SMILES string of the molecule is CN=CC(=CN)C1=CC(N=C(N)C2=C(NCC3CC3)CCN(C(C)=O)C2)CC=C1C. The average Bonchev–Trinajstić information content (AvgIpc) is 3.56. The third-order valence-electron chi connectivity index (χ3n) is 5.91. The minimum atomic E-state index is -0.0752. The summed E-state index contributed by atoms with van der Waals surface area (Å²) >= 11 is 0. The number of nitrogens with one attached hydrogen (secondary N) is 1. The Bertz CT molecular complexity index is 857. The quantitative estimate of drug-likeness (QED) is 0.441. The maximum absolute atomic E-state index is 11.9. The van der Waals surface area contributed by atoms with Crippen LogP contribution >= 0.6 is 0 Å². The number of hydrogen-bond donors (Lipinski definition) is 3. The molecule has 0 bridgehead atoms. The van der Waals surface area contributed by atoms with E-state index in [1.807, 2.05) is 4.90 Å². The van der Waals surface area contributed by atoms with Crippen LogP contribution in [0.25, 0.3) is 0 Å². The predicted molar refractivity (Wildman–Crippen MR) is 123 cm³/mol. The minimum Gasteiger partial charge on any atom is -0.404 e. The molecule has 3 rings (SSSR count). The molecule has 0 radical (unpaired) electrons. The first-order valence-corrected chi connectivity index (χ1v) is 10.7. The van der Waals surface area contributed by atoms with Crippen LogP contribution in [0.2, 0.25) is 0 Å². The summed E-state index contributed by atoms with van der Waals surface area (Å²) in [6.07, 6.45) is 11.7. The Labute approximate surface area is 179 Å². The maximum Gasteiger partial charge on any atom is 0.219 e. The molecule has 7 nitrogen and oxygen atoms in total. The van der Waals surface area contributed by atoms with Gasteiger partial charge in [0.2, 0.25) is 5.91 Å². The molecule has 0 spiro atoms. The Morgan fingerprint density at radius 1 is 1.40 bits per heavy atom. The van der Waals surface area contributed by atoms with Crippen LogP contribution in [0.3, 0.4) is 0 Å². The number of aliphatic imine (C=N–C) groups is 2. The van der Waals surface area contributed by atoms with Crippen molar-refractivity contribution in [3.05, 3.63) is 46.3 Å². The second kappa shape index (κ2) is 9.78. The van der Waals surface area contributed by atoms with Gasteiger partial charge in [-0.3, -0.25) is 14.8 Å². The average molecular weight is 411 g/mol. The van der Waals surface area contributed by atoms with Crippen LogP contribution in [-0.2, 0) is 4.79 Å². The van der Waals surface area contributed by atoms with Crippen molar-refractivity contribution in [2.24, 2.45) is 27.4 Å². The second-order valence-electron chi connectivity index (χ2n) is 8.27. The fourth-order valence-corrected chi connectivity index (χ4v) is 3.86. The van der Waals surface area contributed by atoms with Gasteiger partial charge in [-0.25, -0.2) is 0 Å². The summed E-state index contributed by atoms with van der Waals surface area (Å²) in [6.45, 7) is 5.87. The number of carbonyl (C=O) groups excluding carboxylic acids is 1. The summed E-state index contributed by atoms with van der Waals surface area (Å²) in [7, 11) is 1.73. The molecule has 1 fully saturated rings. The van der Waals surface area contributed by atoms with Crippen molar-refractivity contribution < 1.29 is 4.79 Å². The van der Waals surface area contributed by atoms with Crippen molar-refractivity contribution >= 4 is 18.0 Å². The number of nitrogens with zero attached hydrogens (tertiary/aromatic N) is 3. The lowest BCUT2D eigenvalue weighted by Gasteiger charge is -2.31. The highest BCUT2D eigenvalue weighted by molar-refractivity contribution is 5.99. The molecule has 0 aromatic heterocycles. The van der Waals surface area contributed by atoms with Gasteiger partial charge in [-0.15, -0.1) is 0 Å². The lowest BCUT2D eigenvalue weighted by atomic mass is 9.91. The Hall–Kier alpha value is -2.83. The van der Waals surface area contributed by atoms with Crippen LogP contribution in [0, 0.1) is 5.92 Å². The number of allylic oxidation sites excluding steroid dienone is 3. The third kappa shape index (κ3) is 5.40. The van der Waals surface area contributed by atoms with Gasteiger partial charge in [-0.1, -0.05) is 12.2 Å². The summed E-state index contributed by atoms with van der Waals surface area (Å²) in [4.78, 5) is 22.7. The van der Waals surface area contributed by atoms with E-state index in [-0.39, 0.29) is 11.9 Å². The molecule has 0 saturated heterocycles. The molecule has 0 aromatic carbocycles. The summed E-state index contributed by atoms with van der Waals surface area (Å²) in [5, 5.41) is 3.58. The molecule has 7 heteroatoms. The molecule has 2 aliphatic carbocycles. The normalized spacial score (nSPS) is 23.6. The van der Waals surface area contributed by atoms with E-state index in [1.165, 1.54) is 12.8 Å². The zero-order valence-corrected chi connectivity index (χ0v) is 18.3. The van der Waals surface area contributed by atoms with Gasteiger partial charge in [-0.2, -0.15) is 0 Å². The third-order valence-corrected chi connectivity index (χ3v) is 5.91. The number of rotatable bonds is 7. The van der Waals surface area contributed by atoms with Gasteiger partial charge >= 0.3 is 0 Å². The topological polar surface area (TPSA) is 109 Å². The molecule has 1 unspecified atom stereocenters. The molecule has 162 valence electrons. The highest BCUT2D eigenvalue weighted by Gasteiger charge is 2.26. The van der Waals surface area contributed by atoms with E-state index in [2.05, 4.69) is 29.4 Å². The molecular formula is C23H34N6O. The lowest BCUT2D eigenvalue weighted by Crippen LogP contribution is -2.42. The first-order valence-electron chi connectivity index (χ1n) is 10.7. The van der Waals surface area contributed by atoms with E-state index in [0.717, 1.165) is 59.8 Å². The summed E-state index contributed by atoms with van der Waals surface area (Å²) < 4.78 is 0. The maximum atomic E-state index is 11.9. The van der Waals surface area contributed by atoms with Crippen molar-refractivity contribution in [3.63, 3.8) is 0 Å². The van der Waals surface area contributed by atoms with Gasteiger partial charge in [0.25, 0.3) is 0 Å². The molecule has 1 amide bonds. The molecule has 1 saturated carbocycles. The summed E-state index contributed by atoms with van der Waals surface area (Å²) in [5.74, 6) is 1.34. The molecular weight excluding hydrogens is 376 g/mol. The number of nitrogens with two attached hydrogens (primary N) is 2. The van der Waals surface area contributed by atoms with Crippen LogP contribution in [-0.4, -0.2) is 55.6 Å². The van der Waals surface area contributed by atoms with Gasteiger partial charge in [0.1, 0.15) is 5.84 Å². The van der Waals surface area contributed by atoms with Gasteiger partial charge in [0.05, 0.1) is 12.6 Å². The Kier molecular flexibility index (Phi) is 7.13. The Morgan fingerprint density at radius 2 is 2.17 bits per heavy atom. The van der Waals surface area contributed by atoms with Crippen LogP contribution in [0.1, 0.15) is 39.5 Å². The molecule has 30 heavy (non-hydrogen) atoms. The molecule has 5 N–H and O–H groups in total. The van der Waals surface area contributed by atoms with E-state index in [9.17, 15) is 4.79 Å². The molecule has 1 heterocycles. The number of amides is 1. The van der Waals surface area contributed by atoms with Crippen molar-refractivity contribution in [2.75, 3.05) is 26.7 Å². The van der Waals surface area contributed by atoms with Crippen LogP contribution in [0.4, 0.5) is 0 Å². The highest BCUT2D eigenvalue weighted by atomic mass is 16.2. The first kappa shape index (κ1) is 21.9. The highest BCUT2D eigenvalue weighted by Crippen LogP contribution is 2.29. The smallest absolute Gasteiger partial charge is 0.219 e. The Morgan fingerprint density at radius 3 is 2.80 bits per heavy atom. The largest absolute Gasteiger partial charge is 0.404 e. The van der Waals surface area contributed by atoms with Crippen LogP contribution in [0.5, 0.6) is 0 Å². The van der Waals surface area contributed by atoms with Gasteiger partial charge < -0.3 is 21.7 Å². The molecule has 0 aromatic rings. The number of carbonyl (C=O) groups is 1. The van der Waals surface area contributed by atoms with Crippen molar-refractivity contribution in [2.45, 2.75) is 45.6 Å². The van der Waals surface area contributed by atoms with E-state index >= 15 is 0 Å². The lowest BCUT2D eigenvalue weighted by molar-refractivity contribution is -0.128. The van der Waals surface area contributed by atoms with E-state index in [1.54, 1.807) is 26.4 Å². The van der Waals surface area contributed by atoms with Crippen molar-refractivity contribution in [1.29, 1.82) is 0 Å². The van der Waals surface area contributed by atoms with Crippen LogP contribution < -0.4 is 16.8 Å². The standard InChI is InChI=1S/C23H34N6O/c1-15-4-7-19(10-20(15)18(11-24)13-26-3)28-23(25)21-14-29(16(2)30)9-8-22(21)27-12-17-5-6-17/h4,10-11,13,17,19,27H,5-9,12,14,24H2,1-3H3,(H2,25,28). The number of amidine groups is 1. The molecule has 3 aliphatic rings. The van der Waals surface area contributed by atoms with Gasteiger partial charge in [-0.05, 0) is 43.3 Å². The van der Waals surface area contributed by atoms with Gasteiger partial charge in [0.15, 0.2) is 0 Å². The van der Waals surface area contributed by atoms with E-state index in [0.29, 0.717) is 12.4 Å². The summed E-state index contributed by atoms with van der Waals surface area (Å²) in [6, 6.07) is -0.0752. The van der Waals surface area contributed by atoms with Gasteiger partial charge in [0, 0.05) is 62.7 Å². The zero-order valence-electron chi connectivity index (χ0n) is 18.3. The van der Waals surface area contributed by atoms with E-state index in [4.69, 9.17) is 16.5 Å². The molecule has 1 aliphatic heterocycles. The molecule has 1 atom stereocenters. The zero-order chi connectivity index (χ0) is 21.7. The van der Waals surface area contributed by atoms with Crippen LogP contribution in [0.15, 0.2) is 56.3 Å². The predicted octanol–water partition coefficient (Wildman–Crippen LogP) is 2.04. The summed E-state index contributed by atoms with van der Waals surface area (Å²) in [5.41, 5.74) is 17.4. The monoisotopic (exact) mass is 410 g/mol. The van der Waals surface area contributed by atoms with Crippen molar-refractivity contribution in [3.8, 4) is 0 Å². The number of hydrogen-bond acceptors (Lipinski definition) is 5. The fraction of sp³-hybridized carbons (Fsp3) is 0.522. The fourth-order valence-electron chi connectivity index (χ4n) is 3.86. The first-order chi connectivity index (χ1) is 14.4. The minimum absolute atomic E-state index is 0.0662.